The Morgan fingerprint density at radius 3 is 2.58 bits per heavy atom. The average Bonchev–Trinajstić information content (AvgIpc) is 3.09. The van der Waals surface area contributed by atoms with Gasteiger partial charge in [-0.1, -0.05) is 30.3 Å². The van der Waals surface area contributed by atoms with Crippen molar-refractivity contribution in [3.05, 3.63) is 65.9 Å². The van der Waals surface area contributed by atoms with E-state index in [9.17, 15) is 9.59 Å². The maximum absolute atomic E-state index is 12.6. The molecule has 0 spiro atoms. The number of fused-ring (bicyclic) bond motifs is 1. The number of aromatic nitrogens is 1. The zero-order valence-electron chi connectivity index (χ0n) is 14.6. The van der Waals surface area contributed by atoms with Crippen molar-refractivity contribution in [1.29, 1.82) is 0 Å². The lowest BCUT2D eigenvalue weighted by molar-refractivity contribution is -0.142. The number of carbonyl (C=O) groups excluding carboxylic acids is 2. The molecule has 26 heavy (non-hydrogen) atoms. The minimum Gasteiger partial charge on any atom is -0.496 e. The first kappa shape index (κ1) is 17.5. The van der Waals surface area contributed by atoms with Crippen molar-refractivity contribution in [2.75, 3.05) is 14.2 Å². The number of amides is 1. The van der Waals surface area contributed by atoms with Gasteiger partial charge in [0, 0.05) is 23.5 Å². The molecule has 0 bridgehead atoms. The normalized spacial score (nSPS) is 11.8. The van der Waals surface area contributed by atoms with E-state index in [0.717, 1.165) is 16.5 Å². The number of esters is 1. The Morgan fingerprint density at radius 2 is 1.81 bits per heavy atom. The molecule has 0 aliphatic heterocycles. The number of benzene rings is 2. The molecule has 2 aromatic carbocycles. The smallest absolute Gasteiger partial charge is 0.328 e. The van der Waals surface area contributed by atoms with Gasteiger partial charge in [0.25, 0.3) is 5.91 Å². The minimum absolute atomic E-state index is 0.317. The number of hydrogen-bond acceptors (Lipinski definition) is 4. The van der Waals surface area contributed by atoms with E-state index in [-0.39, 0.29) is 0 Å². The Labute approximate surface area is 151 Å². The highest BCUT2D eigenvalue weighted by Crippen LogP contribution is 2.21. The number of rotatable bonds is 6. The van der Waals surface area contributed by atoms with Crippen molar-refractivity contribution in [3.63, 3.8) is 0 Å². The lowest BCUT2D eigenvalue weighted by Crippen LogP contribution is -2.43. The van der Waals surface area contributed by atoms with Crippen molar-refractivity contribution in [2.24, 2.45) is 0 Å². The number of carbonyl (C=O) groups is 2. The second-order valence-electron chi connectivity index (χ2n) is 5.81. The molecule has 1 heterocycles. The Kier molecular flexibility index (Phi) is 5.22. The monoisotopic (exact) mass is 352 g/mol. The zero-order valence-corrected chi connectivity index (χ0v) is 14.6. The summed E-state index contributed by atoms with van der Waals surface area (Å²) < 4.78 is 10.1. The summed E-state index contributed by atoms with van der Waals surface area (Å²) >= 11 is 0. The molecule has 1 aromatic heterocycles. The van der Waals surface area contributed by atoms with Gasteiger partial charge >= 0.3 is 5.97 Å². The van der Waals surface area contributed by atoms with Gasteiger partial charge in [-0.3, -0.25) is 4.79 Å². The molecule has 0 radical (unpaired) electrons. The summed E-state index contributed by atoms with van der Waals surface area (Å²) in [5, 5.41) is 3.76. The van der Waals surface area contributed by atoms with Gasteiger partial charge in [0.05, 0.1) is 19.8 Å². The van der Waals surface area contributed by atoms with Crippen molar-refractivity contribution < 1.29 is 19.1 Å². The van der Waals surface area contributed by atoms with Crippen LogP contribution in [0.25, 0.3) is 10.9 Å². The van der Waals surface area contributed by atoms with Crippen molar-refractivity contribution in [3.8, 4) is 5.75 Å². The highest BCUT2D eigenvalue weighted by molar-refractivity contribution is 5.99. The van der Waals surface area contributed by atoms with Crippen LogP contribution in [0.15, 0.2) is 54.7 Å². The molecule has 0 saturated heterocycles. The molecule has 0 aliphatic carbocycles. The van der Waals surface area contributed by atoms with Gasteiger partial charge in [-0.25, -0.2) is 4.79 Å². The van der Waals surface area contributed by atoms with Crippen LogP contribution in [0.1, 0.15) is 15.9 Å². The summed E-state index contributed by atoms with van der Waals surface area (Å²) in [6.07, 6.45) is 2.16. The molecule has 0 fully saturated rings. The first-order valence-corrected chi connectivity index (χ1v) is 8.20. The molecular weight excluding hydrogens is 332 g/mol. The fourth-order valence-electron chi connectivity index (χ4n) is 2.92. The molecule has 0 saturated carbocycles. The number of nitrogens with one attached hydrogen (secondary N) is 2. The van der Waals surface area contributed by atoms with Gasteiger partial charge in [-0.2, -0.15) is 0 Å². The van der Waals surface area contributed by atoms with Crippen LogP contribution in [0.2, 0.25) is 0 Å². The molecule has 6 nitrogen and oxygen atoms in total. The Balaban J connectivity index is 1.84. The topological polar surface area (TPSA) is 80.4 Å². The highest BCUT2D eigenvalue weighted by atomic mass is 16.5. The molecule has 0 aliphatic rings. The first-order chi connectivity index (χ1) is 12.6. The molecule has 1 atom stereocenters. The zero-order chi connectivity index (χ0) is 18.5. The largest absolute Gasteiger partial charge is 0.496 e. The summed E-state index contributed by atoms with van der Waals surface area (Å²) in [4.78, 5) is 28.0. The van der Waals surface area contributed by atoms with Crippen LogP contribution in [0.3, 0.4) is 0 Å². The number of methoxy groups -OCH3 is 2. The van der Waals surface area contributed by atoms with Crippen LogP contribution < -0.4 is 10.1 Å². The summed E-state index contributed by atoms with van der Waals surface area (Å²) in [6.45, 7) is 0. The predicted molar refractivity (Wildman–Crippen MR) is 98.3 cm³/mol. The first-order valence-electron chi connectivity index (χ1n) is 8.20. The fraction of sp³-hybridized carbons (Fsp3) is 0.200. The SMILES string of the molecule is COC(=O)[C@@H](Cc1c[nH]c2ccccc12)NC(=O)c1ccccc1OC. The average molecular weight is 352 g/mol. The van der Waals surface area contributed by atoms with Crippen LogP contribution in [0.5, 0.6) is 5.75 Å². The third kappa shape index (κ3) is 3.54. The van der Waals surface area contributed by atoms with Crippen LogP contribution >= 0.6 is 0 Å². The maximum Gasteiger partial charge on any atom is 0.328 e. The minimum atomic E-state index is -0.809. The fourth-order valence-corrected chi connectivity index (χ4v) is 2.92. The number of para-hydroxylation sites is 2. The number of aromatic amines is 1. The van der Waals surface area contributed by atoms with Crippen LogP contribution in [0.4, 0.5) is 0 Å². The Bertz CT molecular complexity index is 932. The van der Waals surface area contributed by atoms with Gasteiger partial charge in [0.15, 0.2) is 0 Å². The second kappa shape index (κ2) is 7.74. The molecule has 1 amide bonds. The molecule has 2 N–H and O–H groups in total. The third-order valence-electron chi connectivity index (χ3n) is 4.24. The van der Waals surface area contributed by atoms with E-state index in [1.807, 2.05) is 30.5 Å². The third-order valence-corrected chi connectivity index (χ3v) is 4.24. The number of ether oxygens (including phenoxy) is 2. The number of hydrogen-bond donors (Lipinski definition) is 2. The van der Waals surface area contributed by atoms with E-state index >= 15 is 0 Å². The van der Waals surface area contributed by atoms with E-state index in [1.165, 1.54) is 14.2 Å². The van der Waals surface area contributed by atoms with Crippen molar-refractivity contribution in [1.82, 2.24) is 10.3 Å². The Morgan fingerprint density at radius 1 is 1.08 bits per heavy atom. The molecule has 3 aromatic rings. The van der Waals surface area contributed by atoms with E-state index in [0.29, 0.717) is 17.7 Å². The van der Waals surface area contributed by atoms with Gasteiger partial charge < -0.3 is 19.8 Å². The summed E-state index contributed by atoms with van der Waals surface area (Å²) in [5.41, 5.74) is 2.27. The summed E-state index contributed by atoms with van der Waals surface area (Å²) in [7, 11) is 2.80. The molecule has 3 rings (SSSR count). The lowest BCUT2D eigenvalue weighted by atomic mass is 10.0. The molecule has 6 heteroatoms. The van der Waals surface area contributed by atoms with Crippen LogP contribution in [-0.4, -0.2) is 37.1 Å². The summed E-state index contributed by atoms with van der Waals surface area (Å²) in [6, 6.07) is 13.8. The predicted octanol–water partition coefficient (Wildman–Crippen LogP) is 2.69. The Hall–Kier alpha value is -3.28. The van der Waals surface area contributed by atoms with Crippen LogP contribution in [0, 0.1) is 0 Å². The van der Waals surface area contributed by atoms with E-state index in [1.54, 1.807) is 24.3 Å². The van der Waals surface area contributed by atoms with Crippen molar-refractivity contribution >= 4 is 22.8 Å². The van der Waals surface area contributed by atoms with E-state index < -0.39 is 17.9 Å². The van der Waals surface area contributed by atoms with Gasteiger partial charge in [-0.15, -0.1) is 0 Å². The van der Waals surface area contributed by atoms with Gasteiger partial charge in [0.2, 0.25) is 0 Å². The summed E-state index contributed by atoms with van der Waals surface area (Å²) in [5.74, 6) is -0.447. The standard InChI is InChI=1S/C20H20N2O4/c1-25-18-10-6-4-8-15(18)19(23)22-17(20(24)26-2)11-13-12-21-16-9-5-3-7-14(13)16/h3-10,12,17,21H,11H2,1-2H3,(H,22,23)/t17-/m1/s1. The van der Waals surface area contributed by atoms with Gasteiger partial charge in [0.1, 0.15) is 11.8 Å². The lowest BCUT2D eigenvalue weighted by Gasteiger charge is -2.17. The number of H-pyrrole nitrogens is 1. The molecule has 0 unspecified atom stereocenters. The van der Waals surface area contributed by atoms with E-state index in [2.05, 4.69) is 10.3 Å². The maximum atomic E-state index is 12.6. The highest BCUT2D eigenvalue weighted by Gasteiger charge is 2.25. The quantitative estimate of drug-likeness (QED) is 0.669. The molecular formula is C20H20N2O4. The van der Waals surface area contributed by atoms with E-state index in [4.69, 9.17) is 9.47 Å². The second-order valence-corrected chi connectivity index (χ2v) is 5.81. The van der Waals surface area contributed by atoms with Crippen LogP contribution in [-0.2, 0) is 16.0 Å². The van der Waals surface area contributed by atoms with Gasteiger partial charge in [-0.05, 0) is 23.8 Å². The van der Waals surface area contributed by atoms with Crippen molar-refractivity contribution in [2.45, 2.75) is 12.5 Å². The molecule has 134 valence electrons.